The molecule has 2 amide bonds. The molecule has 190 valence electrons. The zero-order valence-corrected chi connectivity index (χ0v) is 23.0. The average molecular weight is 520 g/mol. The number of anilines is 1. The van der Waals surface area contributed by atoms with Crippen LogP contribution in [0.15, 0.2) is 66.9 Å². The van der Waals surface area contributed by atoms with Gasteiger partial charge in [0.05, 0.1) is 11.4 Å². The molecule has 0 saturated heterocycles. The van der Waals surface area contributed by atoms with Crippen LogP contribution < -0.4 is 5.32 Å². The largest absolute Gasteiger partial charge is 0.322 e. The first kappa shape index (κ1) is 26.6. The molecule has 0 radical (unpaired) electrons. The van der Waals surface area contributed by atoms with Crippen LogP contribution in [0.1, 0.15) is 55.3 Å². The second kappa shape index (κ2) is 13.8. The lowest BCUT2D eigenvalue weighted by Gasteiger charge is -2.32. The van der Waals surface area contributed by atoms with Crippen molar-refractivity contribution in [1.82, 2.24) is 9.88 Å². The SMILES string of the molecule is CSCc1ccnc(CSC)c1NC(=O)N(Cc1ccc(-c2ccccc2)cc1)C1CCCCCC1. The molecule has 1 heterocycles. The normalized spacial score (nSPS) is 14.3. The monoisotopic (exact) mass is 519 g/mol. The highest BCUT2D eigenvalue weighted by molar-refractivity contribution is 7.98. The van der Waals surface area contributed by atoms with Crippen LogP contribution in [-0.4, -0.2) is 34.5 Å². The second-order valence-corrected chi connectivity index (χ2v) is 11.2. The van der Waals surface area contributed by atoms with Gasteiger partial charge < -0.3 is 10.2 Å². The number of hydrogen-bond acceptors (Lipinski definition) is 4. The first-order chi connectivity index (χ1) is 17.7. The lowest BCUT2D eigenvalue weighted by atomic mass is 10.0. The van der Waals surface area contributed by atoms with Gasteiger partial charge in [-0.3, -0.25) is 4.98 Å². The van der Waals surface area contributed by atoms with E-state index in [1.807, 2.05) is 18.3 Å². The Morgan fingerprint density at radius 2 is 1.56 bits per heavy atom. The summed E-state index contributed by atoms with van der Waals surface area (Å²) in [4.78, 5) is 20.6. The van der Waals surface area contributed by atoms with Crippen molar-refractivity contribution in [2.45, 2.75) is 62.6 Å². The van der Waals surface area contributed by atoms with Crippen LogP contribution in [0.2, 0.25) is 0 Å². The average Bonchev–Trinajstić information content (AvgIpc) is 3.20. The summed E-state index contributed by atoms with van der Waals surface area (Å²) in [5.74, 6) is 1.63. The van der Waals surface area contributed by atoms with Gasteiger partial charge in [-0.25, -0.2) is 4.79 Å². The highest BCUT2D eigenvalue weighted by Gasteiger charge is 2.26. The molecule has 2 aromatic carbocycles. The van der Waals surface area contributed by atoms with Crippen LogP contribution in [0.3, 0.4) is 0 Å². The molecule has 6 heteroatoms. The fourth-order valence-electron chi connectivity index (χ4n) is 4.97. The number of benzene rings is 2. The summed E-state index contributed by atoms with van der Waals surface area (Å²) in [6.45, 7) is 0.613. The van der Waals surface area contributed by atoms with Crippen molar-refractivity contribution in [3.8, 4) is 11.1 Å². The fourth-order valence-corrected chi connectivity index (χ4v) is 6.01. The maximum atomic E-state index is 13.9. The standard InChI is InChI=1S/C30H37N3OS2/c1-35-21-26-18-19-31-28(22-36-2)29(26)32-30(34)33(27-12-8-3-4-9-13-27)20-23-14-16-25(17-15-23)24-10-6-5-7-11-24/h5-7,10-11,14-19,27H,3-4,8-9,12-13,20-22H2,1-2H3,(H,32,34). The molecule has 0 bridgehead atoms. The van der Waals surface area contributed by atoms with E-state index in [9.17, 15) is 4.79 Å². The molecule has 4 rings (SSSR count). The number of carbonyl (C=O) groups excluding carboxylic acids is 1. The summed E-state index contributed by atoms with van der Waals surface area (Å²) >= 11 is 3.49. The van der Waals surface area contributed by atoms with Gasteiger partial charge in [-0.2, -0.15) is 23.5 Å². The van der Waals surface area contributed by atoms with E-state index in [0.29, 0.717) is 6.54 Å². The van der Waals surface area contributed by atoms with E-state index >= 15 is 0 Å². The van der Waals surface area contributed by atoms with Crippen LogP contribution in [0.4, 0.5) is 10.5 Å². The van der Waals surface area contributed by atoms with Gasteiger partial charge in [0.25, 0.3) is 0 Å². The third-order valence-electron chi connectivity index (χ3n) is 6.87. The van der Waals surface area contributed by atoms with Crippen molar-refractivity contribution in [2.24, 2.45) is 0 Å². The molecule has 1 N–H and O–H groups in total. The maximum Gasteiger partial charge on any atom is 0.322 e. The summed E-state index contributed by atoms with van der Waals surface area (Å²) in [6.07, 6.45) is 13.1. The molecule has 1 fully saturated rings. The van der Waals surface area contributed by atoms with Crippen LogP contribution in [0.5, 0.6) is 0 Å². The highest BCUT2D eigenvalue weighted by Crippen LogP contribution is 2.29. The molecule has 36 heavy (non-hydrogen) atoms. The Morgan fingerprint density at radius 1 is 0.889 bits per heavy atom. The van der Waals surface area contributed by atoms with Crippen molar-refractivity contribution in [3.05, 3.63) is 83.7 Å². The summed E-state index contributed by atoms with van der Waals surface area (Å²) in [5.41, 5.74) is 6.56. The van der Waals surface area contributed by atoms with E-state index in [2.05, 4.69) is 76.2 Å². The van der Waals surface area contributed by atoms with Crippen LogP contribution >= 0.6 is 23.5 Å². The van der Waals surface area contributed by atoms with Crippen LogP contribution in [0.25, 0.3) is 11.1 Å². The molecule has 3 aromatic rings. The number of nitrogens with one attached hydrogen (secondary N) is 1. The smallest absolute Gasteiger partial charge is 0.317 e. The van der Waals surface area contributed by atoms with Crippen molar-refractivity contribution < 1.29 is 4.79 Å². The van der Waals surface area contributed by atoms with Gasteiger partial charge in [0.15, 0.2) is 0 Å². The van der Waals surface area contributed by atoms with E-state index < -0.39 is 0 Å². The van der Waals surface area contributed by atoms with E-state index in [1.165, 1.54) is 36.8 Å². The first-order valence-corrected chi connectivity index (χ1v) is 15.6. The minimum Gasteiger partial charge on any atom is -0.317 e. The van der Waals surface area contributed by atoms with Crippen LogP contribution in [0, 0.1) is 0 Å². The van der Waals surface area contributed by atoms with Gasteiger partial charge in [-0.1, -0.05) is 80.3 Å². The van der Waals surface area contributed by atoms with E-state index in [-0.39, 0.29) is 12.1 Å². The van der Waals surface area contributed by atoms with Gasteiger partial charge in [-0.05, 0) is 53.7 Å². The van der Waals surface area contributed by atoms with Gasteiger partial charge in [0.2, 0.25) is 0 Å². The summed E-state index contributed by atoms with van der Waals surface area (Å²) in [6, 6.07) is 21.4. The lowest BCUT2D eigenvalue weighted by molar-refractivity contribution is 0.175. The Morgan fingerprint density at radius 3 is 2.22 bits per heavy atom. The number of amides is 2. The quantitative estimate of drug-likeness (QED) is 0.289. The molecule has 1 aliphatic carbocycles. The number of nitrogens with zero attached hydrogens (tertiary/aromatic N) is 2. The highest BCUT2D eigenvalue weighted by atomic mass is 32.2. The Balaban J connectivity index is 1.59. The fraction of sp³-hybridized carbons (Fsp3) is 0.400. The summed E-state index contributed by atoms with van der Waals surface area (Å²) in [7, 11) is 0. The Bertz CT molecular complexity index is 1070. The predicted molar refractivity (Wildman–Crippen MR) is 157 cm³/mol. The molecule has 0 aliphatic heterocycles. The van der Waals surface area contributed by atoms with Crippen LogP contribution in [-0.2, 0) is 18.1 Å². The number of carbonyl (C=O) groups is 1. The minimum absolute atomic E-state index is 0.00765. The lowest BCUT2D eigenvalue weighted by Crippen LogP contribution is -2.42. The Kier molecular flexibility index (Phi) is 10.2. The molecule has 0 spiro atoms. The van der Waals surface area contributed by atoms with Gasteiger partial charge in [0, 0.05) is 30.3 Å². The topological polar surface area (TPSA) is 45.2 Å². The van der Waals surface area contributed by atoms with E-state index in [0.717, 1.165) is 46.9 Å². The molecule has 0 atom stereocenters. The third kappa shape index (κ3) is 7.07. The Labute approximate surface area is 224 Å². The van der Waals surface area contributed by atoms with Gasteiger partial charge in [0.1, 0.15) is 0 Å². The number of aromatic nitrogens is 1. The first-order valence-electron chi connectivity index (χ1n) is 12.9. The van der Waals surface area contributed by atoms with Gasteiger partial charge in [-0.15, -0.1) is 0 Å². The second-order valence-electron chi connectivity index (χ2n) is 9.42. The number of hydrogen-bond donors (Lipinski definition) is 1. The maximum absolute atomic E-state index is 13.9. The summed E-state index contributed by atoms with van der Waals surface area (Å²) < 4.78 is 0. The third-order valence-corrected chi connectivity index (χ3v) is 8.03. The zero-order chi connectivity index (χ0) is 25.2. The minimum atomic E-state index is -0.00765. The predicted octanol–water partition coefficient (Wildman–Crippen LogP) is 8.23. The van der Waals surface area contributed by atoms with Gasteiger partial charge >= 0.3 is 6.03 Å². The number of rotatable bonds is 9. The zero-order valence-electron chi connectivity index (χ0n) is 21.4. The van der Waals surface area contributed by atoms with E-state index in [4.69, 9.17) is 0 Å². The number of urea groups is 1. The molecule has 1 aromatic heterocycles. The van der Waals surface area contributed by atoms with Crippen molar-refractivity contribution in [3.63, 3.8) is 0 Å². The molecule has 1 saturated carbocycles. The van der Waals surface area contributed by atoms with Crippen molar-refractivity contribution >= 4 is 35.2 Å². The number of pyridine rings is 1. The summed E-state index contributed by atoms with van der Waals surface area (Å²) in [5, 5.41) is 3.32. The molecule has 1 aliphatic rings. The molecular weight excluding hydrogens is 482 g/mol. The van der Waals surface area contributed by atoms with E-state index in [1.54, 1.807) is 23.5 Å². The Hall–Kier alpha value is -2.44. The molecule has 4 nitrogen and oxygen atoms in total. The van der Waals surface area contributed by atoms with Crippen molar-refractivity contribution in [1.29, 1.82) is 0 Å². The molecular formula is C30H37N3OS2. The van der Waals surface area contributed by atoms with Crippen molar-refractivity contribution in [2.75, 3.05) is 17.8 Å². The number of thioether (sulfide) groups is 2. The molecule has 0 unspecified atom stereocenters.